The van der Waals surface area contributed by atoms with Gasteiger partial charge in [0.15, 0.2) is 0 Å². The number of rotatable bonds is 3. The van der Waals surface area contributed by atoms with E-state index in [1.54, 1.807) is 5.59 Å². The summed E-state index contributed by atoms with van der Waals surface area (Å²) in [7, 11) is 0. The van der Waals surface area contributed by atoms with Gasteiger partial charge in [0, 0.05) is 0 Å². The van der Waals surface area contributed by atoms with Gasteiger partial charge in [-0.25, -0.2) is 5.43 Å². The van der Waals surface area contributed by atoms with Crippen LogP contribution >= 0.6 is 0 Å². The van der Waals surface area contributed by atoms with Gasteiger partial charge in [0.2, 0.25) is 5.96 Å². The monoisotopic (exact) mass is 192 g/mol. The number of nitrogens with zero attached hydrogens (tertiary/aromatic N) is 3. The van der Waals surface area contributed by atoms with Crippen LogP contribution in [0.4, 0.5) is 0 Å². The minimum atomic E-state index is -0.240. The molecule has 0 spiro atoms. The summed E-state index contributed by atoms with van der Waals surface area (Å²) >= 11 is 0. The van der Waals surface area contributed by atoms with Gasteiger partial charge in [-0.2, -0.15) is 10.7 Å². The number of hydrogen-bond donors (Lipinski definition) is 8. The lowest BCUT2D eigenvalue weighted by atomic mass is 11.0. The molecule has 0 saturated carbocycles. The van der Waals surface area contributed by atoms with Gasteiger partial charge < -0.3 is 17.3 Å². The summed E-state index contributed by atoms with van der Waals surface area (Å²) in [4.78, 5) is 0. The minimum Gasteiger partial charge on any atom is -0.369 e. The first-order valence-corrected chi connectivity index (χ1v) is 2.94. The molecule has 76 valence electrons. The molecule has 11 heteroatoms. The molecule has 0 amide bonds. The molecule has 0 aliphatic rings. The third-order valence-electron chi connectivity index (χ3n) is 0.848. The Morgan fingerprint density at radius 2 is 2.00 bits per heavy atom. The standard InChI is InChI=1S/C2H12N10O/c3-1(4)8-9-2(7-5)12(10-6)11-13/h10-11,13H,5-6H2,(H,7,9)(H4,3,4,8). The molecule has 0 aromatic heterocycles. The zero-order valence-electron chi connectivity index (χ0n) is 6.60. The van der Waals surface area contributed by atoms with Gasteiger partial charge >= 0.3 is 0 Å². The molecule has 0 aliphatic carbocycles. The molecule has 13 heavy (non-hydrogen) atoms. The topological polar surface area (TPSA) is 188 Å². The fourth-order valence-corrected chi connectivity index (χ4v) is 0.389. The number of hydrogen-bond acceptors (Lipinski definition) is 7. The smallest absolute Gasteiger partial charge is 0.269 e. The van der Waals surface area contributed by atoms with Crippen LogP contribution in [0.3, 0.4) is 0 Å². The number of nitrogens with two attached hydrogens (primary N) is 4. The normalized spacial score (nSPS) is 10.8. The van der Waals surface area contributed by atoms with E-state index in [-0.39, 0.29) is 11.9 Å². The van der Waals surface area contributed by atoms with E-state index in [0.29, 0.717) is 5.12 Å². The Morgan fingerprint density at radius 1 is 1.38 bits per heavy atom. The highest BCUT2D eigenvalue weighted by Crippen LogP contribution is 1.74. The van der Waals surface area contributed by atoms with Gasteiger partial charge in [0.05, 0.1) is 0 Å². The van der Waals surface area contributed by atoms with Crippen molar-refractivity contribution in [2.75, 3.05) is 0 Å². The average Bonchev–Trinajstić information content (AvgIpc) is 2.11. The van der Waals surface area contributed by atoms with E-state index >= 15 is 0 Å². The van der Waals surface area contributed by atoms with Crippen molar-refractivity contribution in [3.63, 3.8) is 0 Å². The van der Waals surface area contributed by atoms with E-state index < -0.39 is 0 Å². The number of hydrazone groups is 2. The van der Waals surface area contributed by atoms with E-state index in [4.69, 9.17) is 28.4 Å². The second-order valence-electron chi connectivity index (χ2n) is 1.67. The first-order chi connectivity index (χ1) is 6.15. The summed E-state index contributed by atoms with van der Waals surface area (Å²) in [6.45, 7) is 0. The van der Waals surface area contributed by atoms with Crippen LogP contribution in [0, 0.1) is 0 Å². The SMILES string of the molecule is NN=C(NN=C(N)N)N(NN)NO. The first kappa shape index (κ1) is 11.2. The van der Waals surface area contributed by atoms with Crippen molar-refractivity contribution in [2.24, 2.45) is 33.4 Å². The summed E-state index contributed by atoms with van der Waals surface area (Å²) in [6, 6.07) is 0. The molecular formula is C2H12N10O. The van der Waals surface area contributed by atoms with E-state index in [1.807, 2.05) is 5.53 Å². The van der Waals surface area contributed by atoms with Crippen LogP contribution in [0.15, 0.2) is 10.2 Å². The fraction of sp³-hybridized carbons (Fsp3) is 0. The Bertz CT molecular complexity index is 189. The van der Waals surface area contributed by atoms with Gasteiger partial charge in [-0.05, 0) is 0 Å². The van der Waals surface area contributed by atoms with E-state index in [2.05, 4.69) is 15.6 Å². The molecule has 0 radical (unpaired) electrons. The molecular weight excluding hydrogens is 180 g/mol. The lowest BCUT2D eigenvalue weighted by Crippen LogP contribution is -2.57. The molecule has 0 aromatic rings. The molecule has 0 rings (SSSR count). The van der Waals surface area contributed by atoms with Crippen LogP contribution in [0.5, 0.6) is 0 Å². The highest BCUT2D eigenvalue weighted by molar-refractivity contribution is 5.82. The van der Waals surface area contributed by atoms with Crippen LogP contribution in [-0.2, 0) is 0 Å². The number of nitrogens with one attached hydrogen (secondary N) is 3. The summed E-state index contributed by atoms with van der Waals surface area (Å²) in [5.41, 5.74) is 15.8. The van der Waals surface area contributed by atoms with Gasteiger partial charge in [-0.1, -0.05) is 5.59 Å². The lowest BCUT2D eigenvalue weighted by Gasteiger charge is -2.19. The van der Waals surface area contributed by atoms with Crippen LogP contribution in [0.2, 0.25) is 0 Å². The third-order valence-corrected chi connectivity index (χ3v) is 0.848. The van der Waals surface area contributed by atoms with E-state index in [0.717, 1.165) is 0 Å². The Labute approximate surface area is 73.3 Å². The Morgan fingerprint density at radius 3 is 2.31 bits per heavy atom. The van der Waals surface area contributed by atoms with Gasteiger partial charge in [-0.15, -0.1) is 10.2 Å². The van der Waals surface area contributed by atoms with Crippen molar-refractivity contribution in [2.45, 2.75) is 0 Å². The number of hydrazine groups is 3. The Balaban J connectivity index is 4.26. The van der Waals surface area contributed by atoms with Crippen molar-refractivity contribution < 1.29 is 5.21 Å². The van der Waals surface area contributed by atoms with Crippen molar-refractivity contribution >= 4 is 11.9 Å². The maximum Gasteiger partial charge on any atom is 0.269 e. The molecule has 0 atom stereocenters. The zero-order valence-corrected chi connectivity index (χ0v) is 6.60. The van der Waals surface area contributed by atoms with Crippen LogP contribution in [0.1, 0.15) is 0 Å². The average molecular weight is 192 g/mol. The summed E-state index contributed by atoms with van der Waals surface area (Å²) in [5.74, 6) is 9.44. The maximum atomic E-state index is 8.44. The molecule has 11 nitrogen and oxygen atoms in total. The predicted octanol–water partition coefficient (Wildman–Crippen LogP) is -4.43. The van der Waals surface area contributed by atoms with Gasteiger partial charge in [0.25, 0.3) is 5.96 Å². The van der Waals surface area contributed by atoms with Crippen molar-refractivity contribution in [1.29, 1.82) is 0 Å². The summed E-state index contributed by atoms with van der Waals surface area (Å²) in [6.07, 6.45) is 0. The molecule has 12 N–H and O–H groups in total. The molecule has 0 aliphatic heterocycles. The predicted molar refractivity (Wildman–Crippen MR) is 44.7 cm³/mol. The minimum absolute atomic E-state index is 0.154. The zero-order chi connectivity index (χ0) is 10.3. The fourth-order valence-electron chi connectivity index (χ4n) is 0.389. The Hall–Kier alpha value is -1.82. The highest BCUT2D eigenvalue weighted by Gasteiger charge is 2.06. The van der Waals surface area contributed by atoms with Crippen molar-refractivity contribution in [3.05, 3.63) is 0 Å². The summed E-state index contributed by atoms with van der Waals surface area (Å²) < 4.78 is 0. The van der Waals surface area contributed by atoms with Gasteiger partial charge in [0.1, 0.15) is 0 Å². The molecule has 0 unspecified atom stereocenters. The first-order valence-electron chi connectivity index (χ1n) is 2.94. The quantitative estimate of drug-likeness (QED) is 0.0943. The molecule has 0 aromatic carbocycles. The van der Waals surface area contributed by atoms with Crippen LogP contribution in [-0.4, -0.2) is 22.2 Å². The van der Waals surface area contributed by atoms with Crippen LogP contribution in [0.25, 0.3) is 0 Å². The molecule has 0 heterocycles. The molecule has 0 bridgehead atoms. The van der Waals surface area contributed by atoms with E-state index in [1.165, 1.54) is 0 Å². The van der Waals surface area contributed by atoms with Crippen molar-refractivity contribution in [3.8, 4) is 0 Å². The summed E-state index contributed by atoms with van der Waals surface area (Å²) in [5, 5.41) is 15.6. The van der Waals surface area contributed by atoms with E-state index in [9.17, 15) is 0 Å². The third kappa shape index (κ3) is 3.92. The maximum absolute atomic E-state index is 8.44. The lowest BCUT2D eigenvalue weighted by molar-refractivity contribution is -0.00420. The van der Waals surface area contributed by atoms with Crippen LogP contribution < -0.4 is 39.7 Å². The largest absolute Gasteiger partial charge is 0.369 e. The van der Waals surface area contributed by atoms with Gasteiger partial charge in [-0.3, -0.25) is 11.0 Å². The van der Waals surface area contributed by atoms with Crippen molar-refractivity contribution in [1.82, 2.24) is 21.7 Å². The Kier molecular flexibility index (Phi) is 4.97. The second-order valence-corrected chi connectivity index (χ2v) is 1.67. The molecule has 0 saturated heterocycles. The highest BCUT2D eigenvalue weighted by atomic mass is 16.5. The number of guanidine groups is 2. The molecule has 0 fully saturated rings. The second kappa shape index (κ2) is 5.78.